The molecule has 2 unspecified atom stereocenters. The van der Waals surface area contributed by atoms with E-state index < -0.39 is 28.1 Å². The van der Waals surface area contributed by atoms with E-state index in [0.717, 1.165) is 32.6 Å². The van der Waals surface area contributed by atoms with Gasteiger partial charge in [-0.1, -0.05) is 13.8 Å². The van der Waals surface area contributed by atoms with Crippen LogP contribution in [0.1, 0.15) is 47.5 Å². The summed E-state index contributed by atoms with van der Waals surface area (Å²) in [7, 11) is -4.14. The minimum Gasteiger partial charge on any atom is -0.392 e. The van der Waals surface area contributed by atoms with E-state index in [1.54, 1.807) is 25.7 Å². The molecule has 2 atom stereocenters. The van der Waals surface area contributed by atoms with Crippen molar-refractivity contribution in [3.8, 4) is 0 Å². The first kappa shape index (κ1) is 34.4. The molecule has 0 aliphatic carbocycles. The third kappa shape index (κ3) is 20.6. The van der Waals surface area contributed by atoms with Gasteiger partial charge in [0.25, 0.3) is 10.1 Å². The van der Waals surface area contributed by atoms with Crippen molar-refractivity contribution in [2.24, 2.45) is 15.7 Å². The Labute approximate surface area is 217 Å². The molecule has 0 aromatic rings. The Balaban J connectivity index is 5.07. The summed E-state index contributed by atoms with van der Waals surface area (Å²) in [6, 6.07) is 0. The highest BCUT2D eigenvalue weighted by atomic mass is 32.2. The number of hydrogen-bond acceptors (Lipinski definition) is 9. The quantitative estimate of drug-likeness (QED) is 0.0532. The van der Waals surface area contributed by atoms with Crippen molar-refractivity contribution in [2.45, 2.75) is 59.7 Å². The largest absolute Gasteiger partial charge is 0.392 e. The lowest BCUT2D eigenvalue weighted by atomic mass is 10.3. The summed E-state index contributed by atoms with van der Waals surface area (Å²) in [5, 5.41) is 25.9. The number of allylic oxidation sites excluding steroid dienone is 1. The summed E-state index contributed by atoms with van der Waals surface area (Å²) in [5.41, 5.74) is 6.56. The molecular weight excluding hydrogens is 486 g/mol. The minimum absolute atomic E-state index is 0.141. The zero-order valence-electron chi connectivity index (χ0n) is 22.6. The lowest BCUT2D eigenvalue weighted by molar-refractivity contribution is 0.0855. The molecule has 0 aromatic heterocycles. The second kappa shape index (κ2) is 19.5. The van der Waals surface area contributed by atoms with Gasteiger partial charge < -0.3 is 31.5 Å². The predicted molar refractivity (Wildman–Crippen MR) is 147 cm³/mol. The number of amidine groups is 2. The smallest absolute Gasteiger partial charge is 0.268 e. The molecule has 0 bridgehead atoms. The van der Waals surface area contributed by atoms with E-state index in [-0.39, 0.29) is 13.2 Å². The number of hydrogen-bond donors (Lipinski definition) is 6. The highest BCUT2D eigenvalue weighted by Gasteiger charge is 2.11. The molecule has 0 aliphatic heterocycles. The molecule has 0 aromatic carbocycles. The van der Waals surface area contributed by atoms with Crippen LogP contribution in [0.4, 0.5) is 0 Å². The highest BCUT2D eigenvalue weighted by molar-refractivity contribution is 7.85. The summed E-state index contributed by atoms with van der Waals surface area (Å²) in [6.07, 6.45) is 1.78. The predicted octanol–water partition coefficient (Wildman–Crippen LogP) is -0.144. The molecule has 0 radical (unpaired) electrons. The van der Waals surface area contributed by atoms with E-state index in [1.807, 2.05) is 0 Å². The Hall–Kier alpha value is -1.61. The molecule has 0 heterocycles. The van der Waals surface area contributed by atoms with Crippen molar-refractivity contribution in [3.63, 3.8) is 0 Å². The topological polar surface area (TPSA) is 176 Å². The fraction of sp³-hybridized carbons (Fsp3) is 0.826. The molecule has 36 heavy (non-hydrogen) atoms. The minimum atomic E-state index is -4.14. The maximum Gasteiger partial charge on any atom is 0.268 e. The molecule has 7 N–H and O–H groups in total. The van der Waals surface area contributed by atoms with Gasteiger partial charge >= 0.3 is 0 Å². The fourth-order valence-electron chi connectivity index (χ4n) is 3.33. The molecule has 0 fully saturated rings. The van der Waals surface area contributed by atoms with Crippen molar-refractivity contribution in [1.82, 2.24) is 20.4 Å². The second-order valence-electron chi connectivity index (χ2n) is 8.93. The van der Waals surface area contributed by atoms with Gasteiger partial charge in [-0.25, -0.2) is 0 Å². The van der Waals surface area contributed by atoms with Gasteiger partial charge in [0.15, 0.2) is 0 Å². The number of nitrogens with one attached hydrogen (secondary N) is 2. The Kier molecular flexibility index (Phi) is 18.6. The molecule has 13 heteroatoms. The average Bonchev–Trinajstić information content (AvgIpc) is 2.77. The third-order valence-corrected chi connectivity index (χ3v) is 5.75. The molecule has 0 spiro atoms. The Morgan fingerprint density at radius 3 is 2.19 bits per heavy atom. The van der Waals surface area contributed by atoms with Crippen molar-refractivity contribution in [2.75, 3.05) is 64.8 Å². The number of nitrogens with two attached hydrogens (primary N) is 1. The molecule has 12 nitrogen and oxygen atoms in total. The first-order chi connectivity index (χ1) is 16.9. The normalized spacial score (nSPS) is 15.6. The summed E-state index contributed by atoms with van der Waals surface area (Å²) in [6.45, 7) is 15.0. The third-order valence-electron chi connectivity index (χ3n) is 5.16. The first-order valence-corrected chi connectivity index (χ1v) is 14.2. The van der Waals surface area contributed by atoms with Crippen molar-refractivity contribution < 1.29 is 23.2 Å². The van der Waals surface area contributed by atoms with E-state index in [4.69, 9.17) is 10.3 Å². The lowest BCUT2D eigenvalue weighted by Gasteiger charge is -2.23. The van der Waals surface area contributed by atoms with Gasteiger partial charge in [0.05, 0.1) is 37.0 Å². The maximum absolute atomic E-state index is 11.0. The van der Waals surface area contributed by atoms with Crippen LogP contribution in [-0.2, 0) is 10.1 Å². The van der Waals surface area contributed by atoms with Crippen molar-refractivity contribution in [1.29, 1.82) is 0 Å². The monoisotopic (exact) mass is 535 g/mol. The van der Waals surface area contributed by atoms with Gasteiger partial charge in [-0.2, -0.15) is 8.42 Å². The lowest BCUT2D eigenvalue weighted by Crippen LogP contribution is -2.37. The summed E-state index contributed by atoms with van der Waals surface area (Å²) < 4.78 is 31.1. The van der Waals surface area contributed by atoms with E-state index in [2.05, 4.69) is 39.4 Å². The van der Waals surface area contributed by atoms with E-state index in [9.17, 15) is 18.6 Å². The molecule has 0 amide bonds. The second-order valence-corrected chi connectivity index (χ2v) is 10.4. The number of nitrogens with zero attached hydrogens (tertiary/aromatic N) is 4. The van der Waals surface area contributed by atoms with Crippen LogP contribution in [0.3, 0.4) is 0 Å². The van der Waals surface area contributed by atoms with Gasteiger partial charge in [-0.05, 0) is 59.4 Å². The van der Waals surface area contributed by atoms with Gasteiger partial charge in [0.1, 0.15) is 5.84 Å². The van der Waals surface area contributed by atoms with Crippen LogP contribution in [0, 0.1) is 0 Å². The SMILES string of the molecule is CCN(CC)CCCNCCC(N)=NC/C(=N\CN(CC(C)O)CC(C)O)N/C(C)=C/CS(=O)(=O)O. The van der Waals surface area contributed by atoms with Gasteiger partial charge in [0.2, 0.25) is 0 Å². The van der Waals surface area contributed by atoms with Crippen LogP contribution in [0.25, 0.3) is 0 Å². The first-order valence-electron chi connectivity index (χ1n) is 12.6. The average molecular weight is 536 g/mol. The number of aliphatic hydroxyl groups is 2. The molecule has 0 saturated carbocycles. The van der Waals surface area contributed by atoms with Crippen LogP contribution >= 0.6 is 0 Å². The van der Waals surface area contributed by atoms with E-state index >= 15 is 0 Å². The maximum atomic E-state index is 11.0. The van der Waals surface area contributed by atoms with E-state index in [1.165, 1.54) is 6.08 Å². The highest BCUT2D eigenvalue weighted by Crippen LogP contribution is 1.98. The number of aliphatic hydroxyl groups excluding tert-OH is 2. The van der Waals surface area contributed by atoms with Gasteiger partial charge in [-0.15, -0.1) is 0 Å². The van der Waals surface area contributed by atoms with Crippen molar-refractivity contribution >= 4 is 21.8 Å². The van der Waals surface area contributed by atoms with Crippen LogP contribution in [0.5, 0.6) is 0 Å². The van der Waals surface area contributed by atoms with Crippen molar-refractivity contribution in [3.05, 3.63) is 11.8 Å². The summed E-state index contributed by atoms with van der Waals surface area (Å²) in [4.78, 5) is 13.1. The molecule has 0 aliphatic rings. The van der Waals surface area contributed by atoms with Crippen LogP contribution in [0.15, 0.2) is 21.8 Å². The Bertz CT molecular complexity index is 772. The fourth-order valence-corrected chi connectivity index (χ4v) is 3.79. The molecule has 0 saturated heterocycles. The van der Waals surface area contributed by atoms with E-state index in [0.29, 0.717) is 43.4 Å². The van der Waals surface area contributed by atoms with Crippen LogP contribution in [0.2, 0.25) is 0 Å². The molecule has 0 rings (SSSR count). The number of rotatable bonds is 20. The molecule has 212 valence electrons. The van der Waals surface area contributed by atoms with Gasteiger partial charge in [-0.3, -0.25) is 19.4 Å². The van der Waals surface area contributed by atoms with Crippen LogP contribution in [-0.4, -0.2) is 122 Å². The Morgan fingerprint density at radius 2 is 1.67 bits per heavy atom. The molecular formula is C23H49N7O5S. The van der Waals surface area contributed by atoms with Gasteiger partial charge in [0, 0.05) is 31.8 Å². The zero-order chi connectivity index (χ0) is 27.6. The van der Waals surface area contributed by atoms with Crippen LogP contribution < -0.4 is 16.4 Å². The Morgan fingerprint density at radius 1 is 1.06 bits per heavy atom. The summed E-state index contributed by atoms with van der Waals surface area (Å²) in [5.74, 6) is 0.376. The summed E-state index contributed by atoms with van der Waals surface area (Å²) >= 11 is 0. The standard InChI is InChI=1S/C23H49N7O5S/c1-6-29(7-2)13-8-11-25-12-9-22(24)26-15-23(28-19(3)10-14-36(33,34)35)27-18-30(16-20(4)31)17-21(5)32/h10,20-21,25,31-32H,6-9,11-18H2,1-5H3,(H2,24,26)(H,27,28)(H,33,34,35)/b19-10+. The number of aliphatic imine (C=N–C) groups is 2. The zero-order valence-corrected chi connectivity index (χ0v) is 23.5.